The predicted octanol–water partition coefficient (Wildman–Crippen LogP) is 3.46. The maximum Gasteiger partial charge on any atom is 0.265 e. The Labute approximate surface area is 118 Å². The predicted molar refractivity (Wildman–Crippen MR) is 77.2 cm³/mol. The average Bonchev–Trinajstić information content (AvgIpc) is 3.24. The molecule has 5 heteroatoms. The second-order valence-electron chi connectivity index (χ2n) is 5.38. The summed E-state index contributed by atoms with van der Waals surface area (Å²) >= 11 is 0. The van der Waals surface area contributed by atoms with Crippen LogP contribution in [-0.2, 0) is 4.74 Å². The van der Waals surface area contributed by atoms with Crippen molar-refractivity contribution in [2.45, 2.75) is 32.2 Å². The zero-order chi connectivity index (χ0) is 14.7. The van der Waals surface area contributed by atoms with Crippen molar-refractivity contribution in [3.8, 4) is 0 Å². The van der Waals surface area contributed by atoms with E-state index in [1.807, 2.05) is 4.90 Å². The van der Waals surface area contributed by atoms with Crippen molar-refractivity contribution in [3.05, 3.63) is 23.8 Å². The van der Waals surface area contributed by atoms with Gasteiger partial charge in [-0.1, -0.05) is 0 Å². The zero-order valence-corrected chi connectivity index (χ0v) is 12.0. The quantitative estimate of drug-likeness (QED) is 0.779. The first-order valence-corrected chi connectivity index (χ1v) is 6.97. The molecule has 0 saturated heterocycles. The summed E-state index contributed by atoms with van der Waals surface area (Å²) in [7, 11) is 1.62. The minimum absolute atomic E-state index is 0.00797. The smallest absolute Gasteiger partial charge is 0.265 e. The number of ether oxygens (including phenoxy) is 1. The van der Waals surface area contributed by atoms with Crippen molar-refractivity contribution in [3.63, 3.8) is 0 Å². The highest BCUT2D eigenvalue weighted by Gasteiger charge is 2.33. The summed E-state index contributed by atoms with van der Waals surface area (Å²) < 4.78 is 31.6. The SMILES string of the molecule is COCCN(c1ccc(N)cc1C(F)F)C(C)C1CC1. The van der Waals surface area contributed by atoms with Crippen molar-refractivity contribution in [1.82, 2.24) is 0 Å². The Morgan fingerprint density at radius 2 is 2.10 bits per heavy atom. The van der Waals surface area contributed by atoms with Crippen molar-refractivity contribution in [2.24, 2.45) is 5.92 Å². The third kappa shape index (κ3) is 3.39. The molecule has 0 aliphatic heterocycles. The number of nitrogens with zero attached hydrogens (tertiary/aromatic N) is 1. The third-order valence-electron chi connectivity index (χ3n) is 3.93. The second kappa shape index (κ2) is 6.39. The lowest BCUT2D eigenvalue weighted by Gasteiger charge is -2.33. The molecule has 0 aromatic heterocycles. The van der Waals surface area contributed by atoms with Gasteiger partial charge in [0.2, 0.25) is 0 Å². The zero-order valence-electron chi connectivity index (χ0n) is 12.0. The molecule has 1 saturated carbocycles. The molecule has 0 amide bonds. The monoisotopic (exact) mass is 284 g/mol. The van der Waals surface area contributed by atoms with E-state index in [1.165, 1.54) is 18.9 Å². The number of nitrogen functional groups attached to an aromatic ring is 1. The maximum atomic E-state index is 13.3. The molecule has 0 spiro atoms. The molecule has 1 aliphatic rings. The standard InChI is InChI=1S/C15H22F2N2O/c1-10(11-3-4-11)19(7-8-20-2)14-6-5-12(18)9-13(14)15(16)17/h5-6,9-11,15H,3-4,7-8,18H2,1-2H3. The average molecular weight is 284 g/mol. The van der Waals surface area contributed by atoms with Gasteiger partial charge in [0.25, 0.3) is 6.43 Å². The molecule has 2 rings (SSSR count). The summed E-state index contributed by atoms with van der Waals surface area (Å²) in [6.07, 6.45) is -0.183. The lowest BCUT2D eigenvalue weighted by Crippen LogP contribution is -2.38. The van der Waals surface area contributed by atoms with Crippen LogP contribution in [0.5, 0.6) is 0 Å². The first-order chi connectivity index (χ1) is 9.54. The molecule has 1 aromatic carbocycles. The van der Waals surface area contributed by atoms with E-state index in [0.29, 0.717) is 30.4 Å². The van der Waals surface area contributed by atoms with Crippen molar-refractivity contribution < 1.29 is 13.5 Å². The fourth-order valence-electron chi connectivity index (χ4n) is 2.58. The third-order valence-corrected chi connectivity index (χ3v) is 3.93. The van der Waals surface area contributed by atoms with Crippen molar-refractivity contribution in [2.75, 3.05) is 30.9 Å². The van der Waals surface area contributed by atoms with Gasteiger partial charge >= 0.3 is 0 Å². The van der Waals surface area contributed by atoms with Gasteiger partial charge in [0.15, 0.2) is 0 Å². The van der Waals surface area contributed by atoms with E-state index in [1.54, 1.807) is 19.2 Å². The fraction of sp³-hybridized carbons (Fsp3) is 0.600. The highest BCUT2D eigenvalue weighted by atomic mass is 19.3. The highest BCUT2D eigenvalue weighted by Crippen LogP contribution is 2.39. The van der Waals surface area contributed by atoms with E-state index < -0.39 is 6.43 Å². The van der Waals surface area contributed by atoms with Crippen molar-refractivity contribution >= 4 is 11.4 Å². The topological polar surface area (TPSA) is 38.5 Å². The molecular formula is C15H22F2N2O. The number of alkyl halides is 2. The van der Waals surface area contributed by atoms with Crippen LogP contribution in [0.15, 0.2) is 18.2 Å². The van der Waals surface area contributed by atoms with Gasteiger partial charge in [-0.3, -0.25) is 0 Å². The summed E-state index contributed by atoms with van der Waals surface area (Å²) in [5.74, 6) is 0.593. The molecule has 1 atom stereocenters. The molecule has 1 fully saturated rings. The van der Waals surface area contributed by atoms with Crippen LogP contribution in [0.25, 0.3) is 0 Å². The minimum Gasteiger partial charge on any atom is -0.399 e. The summed E-state index contributed by atoms with van der Waals surface area (Å²) in [4.78, 5) is 2.03. The van der Waals surface area contributed by atoms with E-state index in [2.05, 4.69) is 6.92 Å². The molecule has 2 N–H and O–H groups in total. The fourth-order valence-corrected chi connectivity index (χ4v) is 2.58. The van der Waals surface area contributed by atoms with Gasteiger partial charge in [-0.05, 0) is 43.9 Å². The van der Waals surface area contributed by atoms with Crippen LogP contribution in [0.4, 0.5) is 20.2 Å². The molecule has 1 aromatic rings. The van der Waals surface area contributed by atoms with Crippen LogP contribution < -0.4 is 10.6 Å². The van der Waals surface area contributed by atoms with Crippen LogP contribution in [0.2, 0.25) is 0 Å². The van der Waals surface area contributed by atoms with Gasteiger partial charge in [-0.25, -0.2) is 8.78 Å². The van der Waals surface area contributed by atoms with Crippen molar-refractivity contribution in [1.29, 1.82) is 0 Å². The van der Waals surface area contributed by atoms with Gasteiger partial charge < -0.3 is 15.4 Å². The summed E-state index contributed by atoms with van der Waals surface area (Å²) in [6, 6.07) is 5.00. The van der Waals surface area contributed by atoms with Crippen LogP contribution in [0.1, 0.15) is 31.8 Å². The normalized spacial score (nSPS) is 16.4. The molecule has 0 bridgehead atoms. The molecule has 1 unspecified atom stereocenters. The Balaban J connectivity index is 2.31. The second-order valence-corrected chi connectivity index (χ2v) is 5.38. The number of rotatable bonds is 7. The van der Waals surface area contributed by atoms with Gasteiger partial charge in [0.05, 0.1) is 6.61 Å². The lowest BCUT2D eigenvalue weighted by atomic mass is 10.1. The van der Waals surface area contributed by atoms with Gasteiger partial charge in [-0.15, -0.1) is 0 Å². The molecule has 112 valence electrons. The number of halogens is 2. The number of hydrogen-bond acceptors (Lipinski definition) is 3. The summed E-state index contributed by atoms with van der Waals surface area (Å²) in [5, 5.41) is 0. The van der Waals surface area contributed by atoms with E-state index in [-0.39, 0.29) is 11.6 Å². The first-order valence-electron chi connectivity index (χ1n) is 6.97. The van der Waals surface area contributed by atoms with Crippen LogP contribution in [0.3, 0.4) is 0 Å². The van der Waals surface area contributed by atoms with Gasteiger partial charge in [-0.2, -0.15) is 0 Å². The highest BCUT2D eigenvalue weighted by molar-refractivity contribution is 5.61. The Morgan fingerprint density at radius 1 is 1.40 bits per heavy atom. The Kier molecular flexibility index (Phi) is 4.81. The van der Waals surface area contributed by atoms with E-state index in [0.717, 1.165) is 0 Å². The van der Waals surface area contributed by atoms with Gasteiger partial charge in [0, 0.05) is 36.6 Å². The Hall–Kier alpha value is -1.36. The lowest BCUT2D eigenvalue weighted by molar-refractivity contribution is 0.151. The molecule has 1 aliphatic carbocycles. The minimum atomic E-state index is -2.52. The summed E-state index contributed by atoms with van der Waals surface area (Å²) in [5.41, 5.74) is 6.59. The van der Waals surface area contributed by atoms with E-state index in [9.17, 15) is 8.78 Å². The summed E-state index contributed by atoms with van der Waals surface area (Å²) in [6.45, 7) is 3.22. The number of nitrogens with two attached hydrogens (primary N) is 1. The molecular weight excluding hydrogens is 262 g/mol. The van der Waals surface area contributed by atoms with Gasteiger partial charge in [0.1, 0.15) is 0 Å². The Bertz CT molecular complexity index is 449. The van der Waals surface area contributed by atoms with Crippen LogP contribution in [-0.4, -0.2) is 26.3 Å². The number of methoxy groups -OCH3 is 1. The maximum absolute atomic E-state index is 13.3. The molecule has 20 heavy (non-hydrogen) atoms. The number of hydrogen-bond donors (Lipinski definition) is 1. The molecule has 0 radical (unpaired) electrons. The van der Waals surface area contributed by atoms with E-state index >= 15 is 0 Å². The Morgan fingerprint density at radius 3 is 2.65 bits per heavy atom. The van der Waals surface area contributed by atoms with E-state index in [4.69, 9.17) is 10.5 Å². The molecule has 3 nitrogen and oxygen atoms in total. The number of benzene rings is 1. The largest absolute Gasteiger partial charge is 0.399 e. The number of anilines is 2. The van der Waals surface area contributed by atoms with Crippen LogP contribution >= 0.6 is 0 Å². The van der Waals surface area contributed by atoms with Crippen LogP contribution in [0, 0.1) is 5.92 Å². The first kappa shape index (κ1) is 15.0. The molecule has 0 heterocycles.